The molecule has 1 aliphatic carbocycles. The minimum atomic E-state index is -2.60. The molecule has 1 heterocycles. The molecule has 0 radical (unpaired) electrons. The van der Waals surface area contributed by atoms with Gasteiger partial charge in [0.2, 0.25) is 0 Å². The van der Waals surface area contributed by atoms with E-state index < -0.39 is 11.3 Å². The van der Waals surface area contributed by atoms with Crippen molar-refractivity contribution in [3.8, 4) is 0 Å². The fraction of sp³-hybridized carbons (Fsp3) is 0.778. The molecule has 0 aromatic carbocycles. The molecule has 2 rings (SSSR count). The molecule has 13 heavy (non-hydrogen) atoms. The van der Waals surface area contributed by atoms with Gasteiger partial charge >= 0.3 is 0 Å². The van der Waals surface area contributed by atoms with Crippen LogP contribution >= 0.6 is 0 Å². The number of rotatable bonds is 2. The van der Waals surface area contributed by atoms with Gasteiger partial charge in [-0.2, -0.15) is 0 Å². The predicted octanol–water partition coefficient (Wildman–Crippen LogP) is 1.66. The maximum absolute atomic E-state index is 13.1. The molecule has 1 saturated carbocycles. The van der Waals surface area contributed by atoms with E-state index in [9.17, 15) is 8.78 Å². The zero-order valence-electron chi connectivity index (χ0n) is 7.35. The second-order valence-corrected chi connectivity index (χ2v) is 3.78. The van der Waals surface area contributed by atoms with E-state index in [1.165, 1.54) is 6.26 Å². The molecule has 2 N–H and O–H groups in total. The molecule has 1 aliphatic heterocycles. The Morgan fingerprint density at radius 2 is 2.23 bits per heavy atom. The third-order valence-electron chi connectivity index (χ3n) is 3.00. The van der Waals surface area contributed by atoms with Crippen LogP contribution < -0.4 is 5.73 Å². The Bertz CT molecular complexity index is 252. The van der Waals surface area contributed by atoms with E-state index in [1.807, 2.05) is 0 Å². The van der Waals surface area contributed by atoms with E-state index in [0.717, 1.165) is 6.42 Å². The number of ether oxygens (including phenoxy) is 1. The van der Waals surface area contributed by atoms with Crippen molar-refractivity contribution in [3.63, 3.8) is 0 Å². The van der Waals surface area contributed by atoms with Gasteiger partial charge in [0.05, 0.1) is 18.3 Å². The van der Waals surface area contributed by atoms with Crippen LogP contribution in [-0.4, -0.2) is 19.1 Å². The van der Waals surface area contributed by atoms with Crippen molar-refractivity contribution >= 4 is 0 Å². The normalized spacial score (nSPS) is 36.4. The molecule has 0 saturated heterocycles. The standard InChI is InChI=1S/C9H13F2NO/c10-9(11)5-8(9,6-12)7-2-1-3-13-4-7/h4H,1-3,5-6,12H2. The maximum Gasteiger partial charge on any atom is 0.259 e. The minimum Gasteiger partial charge on any atom is -0.501 e. The first-order chi connectivity index (χ1) is 6.12. The van der Waals surface area contributed by atoms with Gasteiger partial charge in [0.1, 0.15) is 0 Å². The van der Waals surface area contributed by atoms with Crippen LogP contribution in [0.2, 0.25) is 0 Å². The Labute approximate surface area is 75.7 Å². The summed E-state index contributed by atoms with van der Waals surface area (Å²) in [6, 6.07) is 0. The highest BCUT2D eigenvalue weighted by molar-refractivity contribution is 5.30. The molecule has 2 aliphatic rings. The Morgan fingerprint density at radius 3 is 2.62 bits per heavy atom. The van der Waals surface area contributed by atoms with Gasteiger partial charge in [-0.3, -0.25) is 0 Å². The Balaban J connectivity index is 2.19. The number of hydrogen-bond acceptors (Lipinski definition) is 2. The van der Waals surface area contributed by atoms with Gasteiger partial charge in [0, 0.05) is 13.0 Å². The van der Waals surface area contributed by atoms with Crippen molar-refractivity contribution in [1.82, 2.24) is 0 Å². The van der Waals surface area contributed by atoms with Crippen LogP contribution in [-0.2, 0) is 4.74 Å². The quantitative estimate of drug-likeness (QED) is 0.717. The van der Waals surface area contributed by atoms with Crippen molar-refractivity contribution in [3.05, 3.63) is 11.8 Å². The van der Waals surface area contributed by atoms with Crippen LogP contribution in [0.5, 0.6) is 0 Å². The van der Waals surface area contributed by atoms with Crippen molar-refractivity contribution in [1.29, 1.82) is 0 Å². The number of hydrogen-bond donors (Lipinski definition) is 1. The van der Waals surface area contributed by atoms with Crippen LogP contribution in [0.4, 0.5) is 8.78 Å². The van der Waals surface area contributed by atoms with Crippen LogP contribution in [0.15, 0.2) is 11.8 Å². The molecule has 1 fully saturated rings. The fourth-order valence-electron chi connectivity index (χ4n) is 1.95. The summed E-state index contributed by atoms with van der Waals surface area (Å²) in [6.45, 7) is 0.658. The molecule has 0 aromatic heterocycles. The fourth-order valence-corrected chi connectivity index (χ4v) is 1.95. The summed E-state index contributed by atoms with van der Waals surface area (Å²) in [7, 11) is 0. The SMILES string of the molecule is NCC1(C2=COCCC2)CC1(F)F. The van der Waals surface area contributed by atoms with Crippen LogP contribution in [0.1, 0.15) is 19.3 Å². The number of halogens is 2. The van der Waals surface area contributed by atoms with E-state index in [1.54, 1.807) is 0 Å². The van der Waals surface area contributed by atoms with Gasteiger partial charge in [-0.1, -0.05) is 0 Å². The lowest BCUT2D eigenvalue weighted by Gasteiger charge is -2.21. The third-order valence-corrected chi connectivity index (χ3v) is 3.00. The first-order valence-electron chi connectivity index (χ1n) is 4.51. The second kappa shape index (κ2) is 2.67. The lowest BCUT2D eigenvalue weighted by atomic mass is 9.91. The zero-order chi connectivity index (χ0) is 9.53. The van der Waals surface area contributed by atoms with Crippen LogP contribution in [0.25, 0.3) is 0 Å². The summed E-state index contributed by atoms with van der Waals surface area (Å²) >= 11 is 0. The molecule has 0 aromatic rings. The first kappa shape index (κ1) is 8.94. The van der Waals surface area contributed by atoms with E-state index in [4.69, 9.17) is 10.5 Å². The van der Waals surface area contributed by atoms with Gasteiger partial charge in [0.25, 0.3) is 5.92 Å². The molecule has 0 spiro atoms. The third kappa shape index (κ3) is 1.15. The lowest BCUT2D eigenvalue weighted by molar-refractivity contribution is 0.0731. The number of nitrogens with two attached hydrogens (primary N) is 1. The van der Waals surface area contributed by atoms with Crippen molar-refractivity contribution in [2.75, 3.05) is 13.2 Å². The first-order valence-corrected chi connectivity index (χ1v) is 4.51. The van der Waals surface area contributed by atoms with Gasteiger partial charge in [-0.25, -0.2) is 8.78 Å². The van der Waals surface area contributed by atoms with E-state index in [0.29, 0.717) is 18.6 Å². The monoisotopic (exact) mass is 189 g/mol. The largest absolute Gasteiger partial charge is 0.501 e. The summed E-state index contributed by atoms with van der Waals surface area (Å²) in [5, 5.41) is 0. The van der Waals surface area contributed by atoms with E-state index in [2.05, 4.69) is 0 Å². The molecule has 4 heteroatoms. The van der Waals surface area contributed by atoms with Crippen LogP contribution in [0.3, 0.4) is 0 Å². The molecule has 0 amide bonds. The minimum absolute atomic E-state index is 0.0230. The average molecular weight is 189 g/mol. The van der Waals surface area contributed by atoms with Crippen molar-refractivity contribution in [2.45, 2.75) is 25.2 Å². The molecule has 0 bridgehead atoms. The molecular formula is C9H13F2NO. The molecule has 1 atom stereocenters. The lowest BCUT2D eigenvalue weighted by Crippen LogP contribution is -2.26. The summed E-state index contributed by atoms with van der Waals surface area (Å²) in [4.78, 5) is 0. The molecule has 2 nitrogen and oxygen atoms in total. The summed E-state index contributed by atoms with van der Waals surface area (Å²) < 4.78 is 31.2. The Kier molecular flexibility index (Phi) is 1.84. The number of alkyl halides is 2. The summed E-state index contributed by atoms with van der Waals surface area (Å²) in [5.41, 5.74) is 5.04. The van der Waals surface area contributed by atoms with E-state index >= 15 is 0 Å². The van der Waals surface area contributed by atoms with Gasteiger partial charge in [-0.15, -0.1) is 0 Å². The maximum atomic E-state index is 13.1. The molecule has 1 unspecified atom stereocenters. The van der Waals surface area contributed by atoms with Crippen LogP contribution in [0, 0.1) is 5.41 Å². The van der Waals surface area contributed by atoms with E-state index in [-0.39, 0.29) is 13.0 Å². The second-order valence-electron chi connectivity index (χ2n) is 3.78. The van der Waals surface area contributed by atoms with Crippen molar-refractivity contribution < 1.29 is 13.5 Å². The molecular weight excluding hydrogens is 176 g/mol. The summed E-state index contributed by atoms with van der Waals surface area (Å²) in [6.07, 6.45) is 2.90. The van der Waals surface area contributed by atoms with Gasteiger partial charge in [0.15, 0.2) is 0 Å². The molecule has 74 valence electrons. The Morgan fingerprint density at radius 1 is 1.54 bits per heavy atom. The Hall–Kier alpha value is -0.640. The highest BCUT2D eigenvalue weighted by Gasteiger charge is 2.71. The highest BCUT2D eigenvalue weighted by Crippen LogP contribution is 2.65. The average Bonchev–Trinajstić information content (AvgIpc) is 2.72. The predicted molar refractivity (Wildman–Crippen MR) is 44.3 cm³/mol. The zero-order valence-corrected chi connectivity index (χ0v) is 7.35. The smallest absolute Gasteiger partial charge is 0.259 e. The van der Waals surface area contributed by atoms with Crippen molar-refractivity contribution in [2.24, 2.45) is 11.1 Å². The topological polar surface area (TPSA) is 35.2 Å². The highest BCUT2D eigenvalue weighted by atomic mass is 19.3. The van der Waals surface area contributed by atoms with Gasteiger partial charge < -0.3 is 10.5 Å². The van der Waals surface area contributed by atoms with Gasteiger partial charge in [-0.05, 0) is 18.4 Å². The summed E-state index contributed by atoms with van der Waals surface area (Å²) in [5.74, 6) is -2.60.